The predicted molar refractivity (Wildman–Crippen MR) is 79.1 cm³/mol. The average molecular weight is 323 g/mol. The molecule has 2 N–H and O–H groups in total. The van der Waals surface area contributed by atoms with Crippen molar-refractivity contribution in [2.24, 2.45) is 0 Å². The molecular weight excluding hydrogens is 310 g/mol. The summed E-state index contributed by atoms with van der Waals surface area (Å²) in [6.07, 6.45) is 1.40. The van der Waals surface area contributed by atoms with Crippen LogP contribution in [0.1, 0.15) is 12.5 Å². The van der Waals surface area contributed by atoms with Crippen molar-refractivity contribution < 1.29 is 29.3 Å². The molecule has 0 spiro atoms. The highest BCUT2D eigenvalue weighted by Crippen LogP contribution is 2.33. The minimum atomic E-state index is -0.659. The second kappa shape index (κ2) is 6.52. The zero-order valence-electron chi connectivity index (χ0n) is 11.6. The van der Waals surface area contributed by atoms with Gasteiger partial charge in [0.1, 0.15) is 6.54 Å². The third-order valence-electron chi connectivity index (χ3n) is 2.76. The molecule has 0 atom stereocenters. The number of imide groups is 1. The largest absolute Gasteiger partial charge is 0.504 e. The van der Waals surface area contributed by atoms with Crippen molar-refractivity contribution in [3.63, 3.8) is 0 Å². The Labute approximate surface area is 130 Å². The van der Waals surface area contributed by atoms with Crippen molar-refractivity contribution in [1.82, 2.24) is 4.90 Å². The maximum Gasteiger partial charge on any atom is 0.326 e. The van der Waals surface area contributed by atoms with E-state index in [1.807, 2.05) is 0 Å². The van der Waals surface area contributed by atoms with Crippen molar-refractivity contribution in [2.75, 3.05) is 13.2 Å². The summed E-state index contributed by atoms with van der Waals surface area (Å²) in [6.45, 7) is 1.36. The Bertz CT molecular complexity index is 669. The third kappa shape index (κ3) is 3.40. The molecule has 0 saturated carbocycles. The number of phenolic OH excluding ortho intramolecular Hbond substituents is 2. The van der Waals surface area contributed by atoms with Gasteiger partial charge in [-0.3, -0.25) is 19.3 Å². The molecule has 0 aromatic heterocycles. The number of benzene rings is 1. The summed E-state index contributed by atoms with van der Waals surface area (Å²) in [5.41, 5.74) is 0.442. The van der Waals surface area contributed by atoms with E-state index in [0.717, 1.165) is 4.90 Å². The fourth-order valence-corrected chi connectivity index (χ4v) is 2.59. The number of hydrogen-bond donors (Lipinski definition) is 2. The summed E-state index contributed by atoms with van der Waals surface area (Å²) < 4.78 is 4.71. The fourth-order valence-electron chi connectivity index (χ4n) is 1.75. The van der Waals surface area contributed by atoms with Crippen LogP contribution in [0, 0.1) is 0 Å². The molecule has 7 nitrogen and oxygen atoms in total. The second-order valence-corrected chi connectivity index (χ2v) is 5.31. The SMILES string of the molecule is CCOC(=O)CN1C(=O)S/C(=C/c2ccc(O)c(O)c2)C1=O. The molecule has 0 bridgehead atoms. The number of esters is 1. The Balaban J connectivity index is 2.18. The van der Waals surface area contributed by atoms with E-state index in [0.29, 0.717) is 17.3 Å². The van der Waals surface area contributed by atoms with E-state index in [2.05, 4.69) is 0 Å². The van der Waals surface area contributed by atoms with Gasteiger partial charge in [-0.15, -0.1) is 0 Å². The van der Waals surface area contributed by atoms with E-state index in [1.165, 1.54) is 24.3 Å². The maximum absolute atomic E-state index is 12.1. The molecule has 1 aliphatic heterocycles. The van der Waals surface area contributed by atoms with Crippen molar-refractivity contribution in [3.8, 4) is 11.5 Å². The van der Waals surface area contributed by atoms with E-state index in [9.17, 15) is 24.6 Å². The molecule has 1 aromatic carbocycles. The highest BCUT2D eigenvalue weighted by molar-refractivity contribution is 8.18. The Morgan fingerprint density at radius 3 is 2.68 bits per heavy atom. The van der Waals surface area contributed by atoms with Crippen LogP contribution in [-0.4, -0.2) is 45.4 Å². The van der Waals surface area contributed by atoms with E-state index in [4.69, 9.17) is 4.74 Å². The van der Waals surface area contributed by atoms with Gasteiger partial charge in [-0.25, -0.2) is 0 Å². The molecular formula is C14H13NO6S. The summed E-state index contributed by atoms with van der Waals surface area (Å²) in [4.78, 5) is 36.2. The van der Waals surface area contributed by atoms with E-state index in [-0.39, 0.29) is 23.0 Å². The summed E-state index contributed by atoms with van der Waals surface area (Å²) in [5, 5.41) is 18.1. The molecule has 0 unspecified atom stereocenters. The van der Waals surface area contributed by atoms with Gasteiger partial charge in [0, 0.05) is 0 Å². The Kier molecular flexibility index (Phi) is 4.71. The lowest BCUT2D eigenvalue weighted by Crippen LogP contribution is -2.34. The normalized spacial score (nSPS) is 16.4. The van der Waals surface area contributed by atoms with Crippen LogP contribution in [0.15, 0.2) is 23.1 Å². The Morgan fingerprint density at radius 1 is 1.32 bits per heavy atom. The minimum absolute atomic E-state index is 0.124. The summed E-state index contributed by atoms with van der Waals surface area (Å²) in [7, 11) is 0. The van der Waals surface area contributed by atoms with Gasteiger partial charge in [-0.1, -0.05) is 6.07 Å². The molecule has 8 heteroatoms. The van der Waals surface area contributed by atoms with Crippen molar-refractivity contribution in [2.45, 2.75) is 6.92 Å². The van der Waals surface area contributed by atoms with Crippen LogP contribution in [0.5, 0.6) is 11.5 Å². The minimum Gasteiger partial charge on any atom is -0.504 e. The van der Waals surface area contributed by atoms with Crippen LogP contribution in [0.4, 0.5) is 4.79 Å². The van der Waals surface area contributed by atoms with Gasteiger partial charge in [0.15, 0.2) is 11.5 Å². The quantitative estimate of drug-likeness (QED) is 0.493. The monoisotopic (exact) mass is 323 g/mol. The van der Waals surface area contributed by atoms with E-state index < -0.39 is 23.7 Å². The number of ether oxygens (including phenoxy) is 1. The van der Waals surface area contributed by atoms with Crippen LogP contribution in [0.2, 0.25) is 0 Å². The first-order valence-corrected chi connectivity index (χ1v) is 7.17. The zero-order valence-corrected chi connectivity index (χ0v) is 12.4. The van der Waals surface area contributed by atoms with Crippen molar-refractivity contribution in [3.05, 3.63) is 28.7 Å². The molecule has 22 heavy (non-hydrogen) atoms. The van der Waals surface area contributed by atoms with Crippen LogP contribution >= 0.6 is 11.8 Å². The molecule has 1 aliphatic rings. The van der Waals surface area contributed by atoms with Gasteiger partial charge in [-0.2, -0.15) is 0 Å². The summed E-state index contributed by atoms with van der Waals surface area (Å²) in [6, 6.07) is 4.01. The molecule has 2 amide bonds. The van der Waals surface area contributed by atoms with Gasteiger partial charge in [0.2, 0.25) is 0 Å². The van der Waals surface area contributed by atoms with Gasteiger partial charge in [0.05, 0.1) is 11.5 Å². The lowest BCUT2D eigenvalue weighted by molar-refractivity contribution is -0.145. The molecule has 0 radical (unpaired) electrons. The average Bonchev–Trinajstić information content (AvgIpc) is 2.71. The fraction of sp³-hybridized carbons (Fsp3) is 0.214. The van der Waals surface area contributed by atoms with Crippen LogP contribution < -0.4 is 0 Å². The summed E-state index contributed by atoms with van der Waals surface area (Å²) >= 11 is 0.693. The Hall–Kier alpha value is -2.48. The van der Waals surface area contributed by atoms with Gasteiger partial charge >= 0.3 is 5.97 Å². The maximum atomic E-state index is 12.1. The smallest absolute Gasteiger partial charge is 0.326 e. The number of aromatic hydroxyl groups is 2. The molecule has 1 aromatic rings. The first-order chi connectivity index (χ1) is 10.4. The predicted octanol–water partition coefficient (Wildman–Crippen LogP) is 1.70. The topological polar surface area (TPSA) is 104 Å². The molecule has 2 rings (SSSR count). The van der Waals surface area contributed by atoms with E-state index in [1.54, 1.807) is 6.92 Å². The lowest BCUT2D eigenvalue weighted by Gasteiger charge is -2.10. The van der Waals surface area contributed by atoms with Gasteiger partial charge in [0.25, 0.3) is 11.1 Å². The molecule has 1 saturated heterocycles. The Morgan fingerprint density at radius 2 is 2.05 bits per heavy atom. The number of phenols is 2. The second-order valence-electron chi connectivity index (χ2n) is 4.32. The lowest BCUT2D eigenvalue weighted by atomic mass is 10.2. The summed E-state index contributed by atoms with van der Waals surface area (Å²) in [5.74, 6) is -1.88. The third-order valence-corrected chi connectivity index (χ3v) is 3.67. The highest BCUT2D eigenvalue weighted by Gasteiger charge is 2.36. The number of amides is 2. The number of hydrogen-bond acceptors (Lipinski definition) is 7. The highest BCUT2D eigenvalue weighted by atomic mass is 32.2. The first kappa shape index (κ1) is 15.9. The number of carbonyl (C=O) groups is 3. The molecule has 1 heterocycles. The zero-order chi connectivity index (χ0) is 16.3. The molecule has 0 aliphatic carbocycles. The van der Waals surface area contributed by atoms with Crippen molar-refractivity contribution in [1.29, 1.82) is 0 Å². The number of rotatable bonds is 4. The van der Waals surface area contributed by atoms with E-state index >= 15 is 0 Å². The van der Waals surface area contributed by atoms with Crippen LogP contribution in [0.3, 0.4) is 0 Å². The van der Waals surface area contributed by atoms with Crippen LogP contribution in [0.25, 0.3) is 6.08 Å². The van der Waals surface area contributed by atoms with Crippen molar-refractivity contribution >= 4 is 35.0 Å². The molecule has 116 valence electrons. The number of nitrogens with zero attached hydrogens (tertiary/aromatic N) is 1. The first-order valence-electron chi connectivity index (χ1n) is 6.35. The van der Waals surface area contributed by atoms with Gasteiger partial charge in [-0.05, 0) is 42.5 Å². The van der Waals surface area contributed by atoms with Crippen LogP contribution in [-0.2, 0) is 14.3 Å². The standard InChI is InChI=1S/C14H13NO6S/c1-2-21-12(18)7-15-13(19)11(22-14(15)20)6-8-3-4-9(16)10(17)5-8/h3-6,16-17H,2,7H2,1H3/b11-6+. The van der Waals surface area contributed by atoms with Gasteiger partial charge < -0.3 is 14.9 Å². The molecule has 1 fully saturated rings. The number of carbonyl (C=O) groups excluding carboxylic acids is 3. The number of thioether (sulfide) groups is 1.